The Balaban J connectivity index is 2.37. The molecule has 0 aliphatic carbocycles. The van der Waals surface area contributed by atoms with Gasteiger partial charge in [0.15, 0.2) is 0 Å². The maximum atomic E-state index is 11.0. The van der Waals surface area contributed by atoms with Gasteiger partial charge in [-0.25, -0.2) is 0 Å². The lowest BCUT2D eigenvalue weighted by Gasteiger charge is -2.03. The van der Waals surface area contributed by atoms with Crippen LogP contribution in [0.15, 0.2) is 24.4 Å². The van der Waals surface area contributed by atoms with Crippen LogP contribution in [0.1, 0.15) is 5.56 Å². The Hall–Kier alpha value is -1.99. The Bertz CT molecular complexity index is 612. The maximum absolute atomic E-state index is 11.0. The first kappa shape index (κ1) is 11.5. The van der Waals surface area contributed by atoms with Crippen LogP contribution in [0.3, 0.4) is 0 Å². The Morgan fingerprint density at radius 2 is 2.35 bits per heavy atom. The summed E-state index contributed by atoms with van der Waals surface area (Å²) in [5.74, 6) is -1.40. The highest BCUT2D eigenvalue weighted by Gasteiger charge is 2.17. The monoisotopic (exact) mass is 247 g/mol. The van der Waals surface area contributed by atoms with E-state index in [-0.39, 0.29) is 0 Å². The highest BCUT2D eigenvalue weighted by Crippen LogP contribution is 2.23. The summed E-state index contributed by atoms with van der Waals surface area (Å²) in [5, 5.41) is 10.4. The van der Waals surface area contributed by atoms with Crippen molar-refractivity contribution in [1.82, 2.24) is 4.98 Å². The Morgan fingerprint density at radius 3 is 3.00 bits per heavy atom. The van der Waals surface area contributed by atoms with Gasteiger partial charge in [-0.3, -0.25) is 4.79 Å². The summed E-state index contributed by atoms with van der Waals surface area (Å²) in [6.07, 6.45) is 2.09. The molecule has 0 aliphatic heterocycles. The van der Waals surface area contributed by atoms with Gasteiger partial charge in [-0.15, -0.1) is 0 Å². The van der Waals surface area contributed by atoms with E-state index >= 15 is 0 Å². The zero-order chi connectivity index (χ0) is 12.4. The molecule has 1 atom stereocenters. The summed E-state index contributed by atoms with van der Waals surface area (Å²) < 4.78 is 0. The number of nitrogens with one attached hydrogen (secondary N) is 1. The first-order chi connectivity index (χ1) is 8.11. The maximum Gasteiger partial charge on any atom is 0.235 e. The Morgan fingerprint density at radius 1 is 1.59 bits per heavy atom. The van der Waals surface area contributed by atoms with Crippen LogP contribution < -0.4 is 5.73 Å². The lowest BCUT2D eigenvalue weighted by Crippen LogP contribution is -2.23. The van der Waals surface area contributed by atoms with Gasteiger partial charge in [0.25, 0.3) is 0 Å². The topological polar surface area (TPSA) is 82.7 Å². The zero-order valence-corrected chi connectivity index (χ0v) is 9.66. The molecule has 17 heavy (non-hydrogen) atoms. The predicted molar refractivity (Wildman–Crippen MR) is 65.3 cm³/mol. The third-order valence-corrected chi connectivity index (χ3v) is 2.89. The SMILES string of the molecule is N#C[C@@H](Cc1c[nH]c2cc(Cl)ccc12)C(N)=O. The van der Waals surface area contributed by atoms with Crippen molar-refractivity contribution in [3.63, 3.8) is 0 Å². The van der Waals surface area contributed by atoms with Crippen molar-refractivity contribution in [1.29, 1.82) is 5.26 Å². The number of hydrogen-bond donors (Lipinski definition) is 2. The summed E-state index contributed by atoms with van der Waals surface area (Å²) in [6.45, 7) is 0. The van der Waals surface area contributed by atoms with Crippen molar-refractivity contribution >= 4 is 28.4 Å². The van der Waals surface area contributed by atoms with Crippen LogP contribution in [0.2, 0.25) is 5.02 Å². The predicted octanol–water partition coefficient (Wildman–Crippen LogP) is 1.99. The van der Waals surface area contributed by atoms with Gasteiger partial charge in [-0.2, -0.15) is 5.26 Å². The lowest BCUT2D eigenvalue weighted by molar-refractivity contribution is -0.120. The molecule has 1 heterocycles. The number of hydrogen-bond acceptors (Lipinski definition) is 2. The van der Waals surface area contributed by atoms with Crippen LogP contribution in [0.4, 0.5) is 0 Å². The minimum atomic E-state index is -0.801. The smallest absolute Gasteiger partial charge is 0.235 e. The van der Waals surface area contributed by atoms with E-state index < -0.39 is 11.8 Å². The van der Waals surface area contributed by atoms with E-state index in [1.807, 2.05) is 12.1 Å². The van der Waals surface area contributed by atoms with E-state index in [1.165, 1.54) is 0 Å². The number of rotatable bonds is 3. The molecule has 0 spiro atoms. The molecule has 1 aromatic carbocycles. The zero-order valence-electron chi connectivity index (χ0n) is 8.90. The van der Waals surface area contributed by atoms with E-state index in [0.29, 0.717) is 11.4 Å². The number of benzene rings is 1. The molecule has 5 heteroatoms. The number of amides is 1. The fraction of sp³-hybridized carbons (Fsp3) is 0.167. The molecule has 1 aromatic heterocycles. The highest BCUT2D eigenvalue weighted by atomic mass is 35.5. The molecule has 1 amide bonds. The van der Waals surface area contributed by atoms with Crippen molar-refractivity contribution in [2.24, 2.45) is 11.7 Å². The molecule has 0 aliphatic rings. The van der Waals surface area contributed by atoms with Crippen LogP contribution in [0.25, 0.3) is 10.9 Å². The minimum Gasteiger partial charge on any atom is -0.369 e. The first-order valence-electron chi connectivity index (χ1n) is 5.06. The largest absolute Gasteiger partial charge is 0.369 e. The molecule has 0 bridgehead atoms. The fourth-order valence-electron chi connectivity index (χ4n) is 1.76. The van der Waals surface area contributed by atoms with Gasteiger partial charge in [0, 0.05) is 22.1 Å². The Kier molecular flexibility index (Phi) is 3.03. The van der Waals surface area contributed by atoms with Crippen molar-refractivity contribution in [2.45, 2.75) is 6.42 Å². The van der Waals surface area contributed by atoms with Gasteiger partial charge in [0.05, 0.1) is 6.07 Å². The molecule has 0 unspecified atom stereocenters. The normalized spacial score (nSPS) is 12.2. The third-order valence-electron chi connectivity index (χ3n) is 2.65. The minimum absolute atomic E-state index is 0.313. The van der Waals surface area contributed by atoms with E-state index in [9.17, 15) is 4.79 Å². The molecule has 0 saturated heterocycles. The standard InChI is InChI=1S/C12H10ClN3O/c13-9-1-2-10-8(6-16-11(10)4-9)3-7(5-14)12(15)17/h1-2,4,6-7,16H,3H2,(H2,15,17)/t7-/m1/s1. The number of aromatic nitrogens is 1. The highest BCUT2D eigenvalue weighted by molar-refractivity contribution is 6.31. The molecule has 4 nitrogen and oxygen atoms in total. The first-order valence-corrected chi connectivity index (χ1v) is 5.44. The molecule has 0 radical (unpaired) electrons. The summed E-state index contributed by atoms with van der Waals surface area (Å²) in [7, 11) is 0. The van der Waals surface area contributed by atoms with Crippen LogP contribution in [-0.4, -0.2) is 10.9 Å². The Labute approximate surface area is 103 Å². The second-order valence-electron chi connectivity index (χ2n) is 3.79. The molecule has 0 saturated carbocycles. The van der Waals surface area contributed by atoms with E-state index in [2.05, 4.69) is 4.98 Å². The van der Waals surface area contributed by atoms with Gasteiger partial charge in [0.1, 0.15) is 5.92 Å². The number of nitrogens with zero attached hydrogens (tertiary/aromatic N) is 1. The van der Waals surface area contributed by atoms with Gasteiger partial charge < -0.3 is 10.7 Å². The van der Waals surface area contributed by atoms with E-state index in [4.69, 9.17) is 22.6 Å². The second-order valence-corrected chi connectivity index (χ2v) is 4.23. The van der Waals surface area contributed by atoms with E-state index in [0.717, 1.165) is 16.5 Å². The van der Waals surface area contributed by atoms with Crippen LogP contribution >= 0.6 is 11.6 Å². The molecular formula is C12H10ClN3O. The number of nitrogens with two attached hydrogens (primary N) is 1. The number of H-pyrrole nitrogens is 1. The number of carbonyl (C=O) groups is 1. The number of aromatic amines is 1. The average Bonchev–Trinajstić information content (AvgIpc) is 2.67. The van der Waals surface area contributed by atoms with Crippen molar-refractivity contribution < 1.29 is 4.79 Å². The number of primary amides is 1. The van der Waals surface area contributed by atoms with Gasteiger partial charge >= 0.3 is 0 Å². The number of carbonyl (C=O) groups excluding carboxylic acids is 1. The van der Waals surface area contributed by atoms with Crippen LogP contribution in [0, 0.1) is 17.2 Å². The third kappa shape index (κ3) is 2.24. The molecule has 2 rings (SSSR count). The number of fused-ring (bicyclic) bond motifs is 1. The van der Waals surface area contributed by atoms with Crippen LogP contribution in [0.5, 0.6) is 0 Å². The van der Waals surface area contributed by atoms with Gasteiger partial charge in [-0.05, 0) is 24.1 Å². The summed E-state index contributed by atoms with van der Waals surface area (Å²) >= 11 is 5.86. The molecule has 0 fully saturated rings. The second kappa shape index (κ2) is 4.48. The fourth-order valence-corrected chi connectivity index (χ4v) is 1.93. The summed E-state index contributed by atoms with van der Waals surface area (Å²) in [5.41, 5.74) is 6.91. The van der Waals surface area contributed by atoms with Crippen molar-refractivity contribution in [3.8, 4) is 6.07 Å². The lowest BCUT2D eigenvalue weighted by atomic mass is 10.00. The van der Waals surface area contributed by atoms with Gasteiger partial charge in [-0.1, -0.05) is 17.7 Å². The molecular weight excluding hydrogens is 238 g/mol. The number of nitriles is 1. The average molecular weight is 248 g/mol. The van der Waals surface area contributed by atoms with Crippen molar-refractivity contribution in [2.75, 3.05) is 0 Å². The summed E-state index contributed by atoms with van der Waals surface area (Å²) in [4.78, 5) is 14.1. The van der Waals surface area contributed by atoms with Crippen LogP contribution in [-0.2, 0) is 11.2 Å². The quantitative estimate of drug-likeness (QED) is 0.869. The molecule has 86 valence electrons. The van der Waals surface area contributed by atoms with Crippen molar-refractivity contribution in [3.05, 3.63) is 35.0 Å². The number of halogens is 1. The van der Waals surface area contributed by atoms with E-state index in [1.54, 1.807) is 18.3 Å². The van der Waals surface area contributed by atoms with Gasteiger partial charge in [0.2, 0.25) is 5.91 Å². The summed E-state index contributed by atoms with van der Waals surface area (Å²) in [6, 6.07) is 7.33. The molecule has 2 aromatic rings. The molecule has 3 N–H and O–H groups in total.